The lowest BCUT2D eigenvalue weighted by molar-refractivity contribution is -0.161. The summed E-state index contributed by atoms with van der Waals surface area (Å²) in [4.78, 5) is 70.0. The molecular formula is C26H28N8O14S3. The number of aliphatic carboxylic acids is 1. The van der Waals surface area contributed by atoms with Crippen molar-refractivity contribution >= 4 is 66.2 Å². The van der Waals surface area contributed by atoms with Gasteiger partial charge in [-0.15, -0.1) is 11.3 Å². The predicted octanol–water partition coefficient (Wildman–Crippen LogP) is -2.18. The Morgan fingerprint density at radius 2 is 1.78 bits per heavy atom. The maximum Gasteiger partial charge on any atom is 0.362 e. The van der Waals surface area contributed by atoms with Gasteiger partial charge in [0.15, 0.2) is 16.6 Å². The molecule has 0 radical (unpaired) electrons. The predicted molar refractivity (Wildman–Crippen MR) is 172 cm³/mol. The highest BCUT2D eigenvalue weighted by Gasteiger charge is 2.54. The molecule has 274 valence electrons. The fraction of sp³-hybridized carbons (Fsp3) is 0.269. The summed E-state index contributed by atoms with van der Waals surface area (Å²) in [6.07, 6.45) is 0.729. The van der Waals surface area contributed by atoms with Gasteiger partial charge in [-0.05, 0) is 38.1 Å². The number of nitrogens with two attached hydrogens (primary N) is 1. The Bertz CT molecular complexity index is 2200. The van der Waals surface area contributed by atoms with Crippen LogP contribution in [0.15, 0.2) is 56.8 Å². The summed E-state index contributed by atoms with van der Waals surface area (Å²) in [6.45, 7) is 0.997. The second kappa shape index (κ2) is 14.3. The van der Waals surface area contributed by atoms with Crippen LogP contribution in [0, 0.1) is 0 Å². The molecule has 0 spiro atoms. The fourth-order valence-corrected chi connectivity index (χ4v) is 6.67. The van der Waals surface area contributed by atoms with Gasteiger partial charge >= 0.3 is 16.3 Å². The Kier molecular flexibility index (Phi) is 10.7. The number of sulfonamides is 1. The van der Waals surface area contributed by atoms with Crippen LogP contribution in [-0.4, -0.2) is 104 Å². The van der Waals surface area contributed by atoms with Crippen LogP contribution in [0.2, 0.25) is 0 Å². The number of nitrogens with zero attached hydrogens (tertiary/aromatic N) is 4. The summed E-state index contributed by atoms with van der Waals surface area (Å²) in [5.41, 5.74) is 1.85. The first-order valence-corrected chi connectivity index (χ1v) is 17.7. The summed E-state index contributed by atoms with van der Waals surface area (Å²) in [6, 6.07) is 1.61. The van der Waals surface area contributed by atoms with Gasteiger partial charge in [0.2, 0.25) is 21.1 Å². The summed E-state index contributed by atoms with van der Waals surface area (Å²) in [7, 11) is -9.76. The molecule has 4 rings (SSSR count). The Labute approximate surface area is 291 Å². The van der Waals surface area contributed by atoms with Crippen molar-refractivity contribution in [2.24, 2.45) is 5.16 Å². The lowest BCUT2D eigenvalue weighted by atomic mass is 9.98. The van der Waals surface area contributed by atoms with E-state index in [2.05, 4.69) is 25.5 Å². The maximum absolute atomic E-state index is 13.2. The molecule has 3 aromatic rings. The molecule has 2 atom stereocenters. The number of oxime groups is 1. The number of hydrogen-bond acceptors (Lipinski definition) is 16. The molecule has 1 fully saturated rings. The van der Waals surface area contributed by atoms with E-state index in [0.29, 0.717) is 4.73 Å². The number of amides is 3. The minimum Gasteiger partial charge on any atom is -0.503 e. The Morgan fingerprint density at radius 3 is 2.35 bits per heavy atom. The zero-order chi connectivity index (χ0) is 38.1. The van der Waals surface area contributed by atoms with Crippen LogP contribution in [0.1, 0.15) is 35.6 Å². The zero-order valence-electron chi connectivity index (χ0n) is 26.1. The number of β-lactam (4-membered cyclic amide) rings is 1. The van der Waals surface area contributed by atoms with Gasteiger partial charge in [-0.25, -0.2) is 27.2 Å². The number of carboxylic acids is 1. The number of thiazole rings is 1. The van der Waals surface area contributed by atoms with Gasteiger partial charge in [0.05, 0.1) is 29.4 Å². The van der Waals surface area contributed by atoms with Crippen LogP contribution in [-0.2, 0) is 46.1 Å². The van der Waals surface area contributed by atoms with Crippen molar-refractivity contribution in [3.63, 3.8) is 0 Å². The van der Waals surface area contributed by atoms with E-state index in [1.54, 1.807) is 0 Å². The number of pyridine rings is 1. The fourth-order valence-electron chi connectivity index (χ4n) is 4.19. The van der Waals surface area contributed by atoms with Crippen molar-refractivity contribution < 1.29 is 60.8 Å². The van der Waals surface area contributed by atoms with Gasteiger partial charge in [-0.3, -0.25) is 23.7 Å². The Balaban J connectivity index is 1.48. The maximum atomic E-state index is 13.2. The highest BCUT2D eigenvalue weighted by atomic mass is 32.2. The summed E-state index contributed by atoms with van der Waals surface area (Å²) < 4.78 is 62.1. The normalized spacial score (nSPS) is 16.6. The molecule has 3 amide bonds. The van der Waals surface area contributed by atoms with Crippen LogP contribution in [0.3, 0.4) is 0 Å². The van der Waals surface area contributed by atoms with E-state index in [0.717, 1.165) is 61.7 Å². The summed E-state index contributed by atoms with van der Waals surface area (Å²) in [5.74, 6) is -5.52. The van der Waals surface area contributed by atoms with Gasteiger partial charge in [-0.2, -0.15) is 13.1 Å². The Morgan fingerprint density at radius 1 is 1.14 bits per heavy atom. The number of aromatic nitrogens is 2. The van der Waals surface area contributed by atoms with E-state index in [1.165, 1.54) is 5.38 Å². The lowest BCUT2D eigenvalue weighted by Gasteiger charge is -2.44. The third kappa shape index (κ3) is 8.58. The summed E-state index contributed by atoms with van der Waals surface area (Å²) >= 11 is 0.867. The first-order valence-electron chi connectivity index (χ1n) is 14.0. The zero-order valence-corrected chi connectivity index (χ0v) is 28.5. The molecule has 0 unspecified atom stereocenters. The topological polar surface area (TPSA) is 339 Å². The highest BCUT2D eigenvalue weighted by molar-refractivity contribution is 7.89. The van der Waals surface area contributed by atoms with Gasteiger partial charge in [0.1, 0.15) is 11.7 Å². The van der Waals surface area contributed by atoms with E-state index in [-0.39, 0.29) is 32.9 Å². The van der Waals surface area contributed by atoms with Gasteiger partial charge in [0.25, 0.3) is 17.7 Å². The van der Waals surface area contributed by atoms with Crippen molar-refractivity contribution in [2.75, 3.05) is 12.3 Å². The molecule has 0 bridgehead atoms. The number of nitrogen functional groups attached to an aromatic ring is 1. The first kappa shape index (κ1) is 38.2. The number of hydrogen-bond donors (Lipinski definition) is 8. The number of anilines is 1. The number of nitrogens with one attached hydrogen (secondary N) is 3. The van der Waals surface area contributed by atoms with Crippen molar-refractivity contribution in [1.82, 2.24) is 29.4 Å². The molecule has 22 nitrogen and oxygen atoms in total. The molecule has 3 heterocycles. The SMILES string of the molecule is CC(C)(O/N=C(\C(=O)N[C@@H]1C(=O)N(S(=O)(=O)O)[C@@H]1CNS(=O)(=O)c1ccc(C(=O)NCc2cc(=O)c(O)cn2O)cc1)c1csc(N)n1)C(=O)O. The molecule has 1 saturated heterocycles. The number of carbonyl (C=O) groups is 4. The van der Waals surface area contributed by atoms with Crippen LogP contribution < -0.4 is 26.5 Å². The largest absolute Gasteiger partial charge is 0.503 e. The average Bonchev–Trinajstić information content (AvgIpc) is 3.47. The van der Waals surface area contributed by atoms with Crippen molar-refractivity contribution in [3.8, 4) is 5.75 Å². The smallest absolute Gasteiger partial charge is 0.362 e. The van der Waals surface area contributed by atoms with Crippen molar-refractivity contribution in [1.29, 1.82) is 0 Å². The minimum absolute atomic E-state index is 0.0337. The highest BCUT2D eigenvalue weighted by Crippen LogP contribution is 2.25. The Hall–Kier alpha value is -5.63. The van der Waals surface area contributed by atoms with Gasteiger partial charge < -0.3 is 36.6 Å². The molecule has 0 saturated carbocycles. The van der Waals surface area contributed by atoms with Gasteiger partial charge in [-0.1, -0.05) is 5.16 Å². The van der Waals surface area contributed by atoms with E-state index in [4.69, 9.17) is 10.6 Å². The van der Waals surface area contributed by atoms with Crippen LogP contribution in [0.25, 0.3) is 0 Å². The van der Waals surface area contributed by atoms with E-state index in [1.807, 2.05) is 0 Å². The molecule has 51 heavy (non-hydrogen) atoms. The first-order chi connectivity index (χ1) is 23.6. The monoisotopic (exact) mass is 772 g/mol. The molecule has 9 N–H and O–H groups in total. The lowest BCUT2D eigenvalue weighted by Crippen LogP contribution is -2.74. The third-order valence-corrected chi connectivity index (χ3v) is 10.1. The summed E-state index contributed by atoms with van der Waals surface area (Å²) in [5, 5.41) is 37.7. The second-order valence-electron chi connectivity index (χ2n) is 11.0. The van der Waals surface area contributed by atoms with E-state index < -0.39 is 90.0 Å². The van der Waals surface area contributed by atoms with E-state index in [9.17, 15) is 60.8 Å². The van der Waals surface area contributed by atoms with E-state index >= 15 is 0 Å². The quantitative estimate of drug-likeness (QED) is 0.0284. The molecule has 1 aromatic carbocycles. The molecule has 1 aliphatic heterocycles. The van der Waals surface area contributed by atoms with Crippen LogP contribution >= 0.6 is 11.3 Å². The van der Waals surface area contributed by atoms with Crippen LogP contribution in [0.4, 0.5) is 5.13 Å². The number of carboxylic acid groups (broad SMARTS) is 1. The number of carbonyl (C=O) groups excluding carboxylic acids is 3. The molecular weight excluding hydrogens is 745 g/mol. The number of aromatic hydroxyl groups is 1. The van der Waals surface area contributed by atoms with Crippen molar-refractivity contribution in [2.45, 2.75) is 43.0 Å². The number of benzene rings is 1. The number of rotatable bonds is 14. The molecule has 2 aromatic heterocycles. The molecule has 0 aliphatic carbocycles. The third-order valence-electron chi connectivity index (χ3n) is 6.99. The molecule has 25 heteroatoms. The molecule has 1 aliphatic rings. The average molecular weight is 773 g/mol. The van der Waals surface area contributed by atoms with Gasteiger partial charge in [0, 0.05) is 23.6 Å². The van der Waals surface area contributed by atoms with Crippen LogP contribution in [0.5, 0.6) is 5.75 Å². The van der Waals surface area contributed by atoms with Crippen molar-refractivity contribution in [3.05, 3.63) is 69.1 Å². The minimum atomic E-state index is -5.26. The standard InChI is InChI=1S/C26H28N8O14S3/c1-26(2,24(40)41)48-32-19(15-11-49-25(27)30-15)22(38)31-20-16(34(23(20)39)51(45,46)47)9-29-50(43,44)14-5-3-12(4-6-14)21(37)28-8-13-7-17(35)18(36)10-33(13)42/h3-7,10-11,16,20,29,36,42H,8-9H2,1-2H3,(H2,27,30)(H,28,37)(H,31,38)(H,40,41)(H,45,46,47)/b32-19-/t16-,20+/m1/s1. The second-order valence-corrected chi connectivity index (χ2v) is 14.9.